The van der Waals surface area contributed by atoms with Crippen LogP contribution in [0.15, 0.2) is 12.3 Å². The van der Waals surface area contributed by atoms with Crippen molar-refractivity contribution in [3.05, 3.63) is 12.3 Å². The first-order valence-corrected chi connectivity index (χ1v) is 9.33. The molecule has 30 heavy (non-hydrogen) atoms. The van der Waals surface area contributed by atoms with Crippen molar-refractivity contribution in [1.29, 1.82) is 0 Å². The van der Waals surface area contributed by atoms with Gasteiger partial charge in [-0.1, -0.05) is 11.2 Å². The topological polar surface area (TPSA) is 30.5 Å². The number of rotatable bonds is 2. The summed E-state index contributed by atoms with van der Waals surface area (Å²) in [6.45, 7) is 0. The van der Waals surface area contributed by atoms with Gasteiger partial charge in [-0.3, -0.25) is 5.01 Å². The van der Waals surface area contributed by atoms with Crippen LogP contribution >= 0.6 is 0 Å². The van der Waals surface area contributed by atoms with E-state index >= 15 is 0 Å². The molecule has 0 bridgehead atoms. The van der Waals surface area contributed by atoms with E-state index in [4.69, 9.17) is 0 Å². The van der Waals surface area contributed by atoms with Crippen LogP contribution < -0.4 is 11.0 Å². The fourth-order valence-electron chi connectivity index (χ4n) is 5.37. The van der Waals surface area contributed by atoms with Crippen LogP contribution in [0.2, 0.25) is 0 Å². The Balaban J connectivity index is 1.59. The fraction of sp³-hybridized carbons (Fsp3) is 0.875. The molecule has 2 aliphatic heterocycles. The molecule has 0 spiro atoms. The Morgan fingerprint density at radius 2 is 1.50 bits per heavy atom. The van der Waals surface area contributed by atoms with Crippen molar-refractivity contribution in [2.45, 2.75) is 62.1 Å². The van der Waals surface area contributed by atoms with E-state index in [-0.39, 0.29) is 19.3 Å². The second-order valence-electron chi connectivity index (χ2n) is 8.32. The van der Waals surface area contributed by atoms with E-state index in [0.29, 0.717) is 0 Å². The van der Waals surface area contributed by atoms with Gasteiger partial charge in [0.25, 0.3) is 0 Å². The Labute approximate surface area is 164 Å². The second-order valence-corrected chi connectivity index (χ2v) is 8.32. The molecule has 0 aromatic rings. The summed E-state index contributed by atoms with van der Waals surface area (Å²) in [6, 6.07) is -6.74. The van der Waals surface area contributed by atoms with Crippen molar-refractivity contribution in [3.8, 4) is 0 Å². The summed E-state index contributed by atoms with van der Waals surface area (Å²) in [5.41, 5.74) is 4.09. The van der Waals surface area contributed by atoms with Gasteiger partial charge >= 0.3 is 24.3 Å². The number of hydrogen-bond acceptors (Lipinski definition) is 4. The molecule has 2 N–H and O–H groups in total. The molecule has 0 amide bonds. The average molecular weight is 456 g/mol. The van der Waals surface area contributed by atoms with E-state index in [1.54, 1.807) is 0 Å². The van der Waals surface area contributed by atoms with Gasteiger partial charge in [-0.15, -0.1) is 5.53 Å². The van der Waals surface area contributed by atoms with E-state index in [0.717, 1.165) is 11.2 Å². The Kier molecular flexibility index (Phi) is 4.83. The summed E-state index contributed by atoms with van der Waals surface area (Å²) >= 11 is 0. The zero-order valence-electron chi connectivity index (χ0n) is 15.1. The standard InChI is InChI=1S/C16H18F10N4/c17-13(18,14(19,20)21)9-5-7-1-2-10-12-11(7)8(6-9)3-4-29(12)28-30(27-10)16(25,26)15(22,23)24/h3-4,7-12,27-28H,1-2,5-6H2. The van der Waals surface area contributed by atoms with Crippen LogP contribution in [-0.4, -0.2) is 46.5 Å². The first-order valence-electron chi connectivity index (χ1n) is 9.33. The molecule has 1 saturated heterocycles. The van der Waals surface area contributed by atoms with Gasteiger partial charge in [0, 0.05) is 18.2 Å². The first kappa shape index (κ1) is 21.9. The Morgan fingerprint density at radius 3 is 2.10 bits per heavy atom. The van der Waals surface area contributed by atoms with Gasteiger partial charge < -0.3 is 0 Å². The predicted molar refractivity (Wildman–Crippen MR) is 81.1 cm³/mol. The van der Waals surface area contributed by atoms with Crippen LogP contribution in [0, 0.1) is 23.7 Å². The van der Waals surface area contributed by atoms with Crippen LogP contribution in [0.3, 0.4) is 0 Å². The number of nitrogens with zero attached hydrogens (tertiary/aromatic N) is 2. The third kappa shape index (κ3) is 3.17. The second kappa shape index (κ2) is 6.61. The highest BCUT2D eigenvalue weighted by Gasteiger charge is 2.67. The fourth-order valence-corrected chi connectivity index (χ4v) is 5.37. The van der Waals surface area contributed by atoms with Crippen molar-refractivity contribution in [2.75, 3.05) is 0 Å². The maximum absolute atomic E-state index is 13.9. The molecule has 6 atom stereocenters. The zero-order chi connectivity index (χ0) is 22.3. The van der Waals surface area contributed by atoms with E-state index in [9.17, 15) is 43.9 Å². The molecule has 2 saturated carbocycles. The monoisotopic (exact) mass is 456 g/mol. The lowest BCUT2D eigenvalue weighted by Crippen LogP contribution is -2.79. The summed E-state index contributed by atoms with van der Waals surface area (Å²) < 4.78 is 132. The highest BCUT2D eigenvalue weighted by molar-refractivity contribution is 5.13. The smallest absolute Gasteiger partial charge is 0.296 e. The van der Waals surface area contributed by atoms with Gasteiger partial charge in [0.05, 0.1) is 6.04 Å². The van der Waals surface area contributed by atoms with Crippen molar-refractivity contribution in [2.24, 2.45) is 23.7 Å². The highest BCUT2D eigenvalue weighted by atomic mass is 19.4. The van der Waals surface area contributed by atoms with Gasteiger partial charge in [-0.25, -0.2) is 5.43 Å². The van der Waals surface area contributed by atoms with Gasteiger partial charge in [-0.2, -0.15) is 43.9 Å². The van der Waals surface area contributed by atoms with Crippen LogP contribution in [0.25, 0.3) is 0 Å². The molecule has 2 heterocycles. The SMILES string of the molecule is FC(F)(F)C(F)(F)C1CC2C=CN3NN(C(F)(F)C(F)(F)F)NC4CCC(C1)C2C43. The van der Waals surface area contributed by atoms with Gasteiger partial charge in [0.15, 0.2) is 0 Å². The number of nitrogens with one attached hydrogen (secondary N) is 2. The van der Waals surface area contributed by atoms with E-state index in [2.05, 4.69) is 5.43 Å². The lowest BCUT2D eigenvalue weighted by atomic mass is 9.57. The first-order chi connectivity index (χ1) is 13.6. The predicted octanol–water partition coefficient (Wildman–Crippen LogP) is 4.20. The van der Waals surface area contributed by atoms with Gasteiger partial charge in [0.1, 0.15) is 0 Å². The highest BCUT2D eigenvalue weighted by Crippen LogP contribution is 2.56. The van der Waals surface area contributed by atoms with Crippen LogP contribution in [0.1, 0.15) is 25.7 Å². The molecule has 4 nitrogen and oxygen atoms in total. The normalized spacial score (nSPS) is 37.9. The number of allylic oxidation sites excluding steroid dienone is 1. The lowest BCUT2D eigenvalue weighted by molar-refractivity contribution is -0.383. The summed E-state index contributed by atoms with van der Waals surface area (Å²) in [4.78, 5) is 0. The maximum Gasteiger partial charge on any atom is 0.472 e. The molecule has 6 unspecified atom stereocenters. The van der Waals surface area contributed by atoms with Crippen molar-refractivity contribution in [3.63, 3.8) is 0 Å². The van der Waals surface area contributed by atoms with Crippen LogP contribution in [-0.2, 0) is 0 Å². The molecule has 0 aromatic heterocycles. The number of alkyl halides is 10. The van der Waals surface area contributed by atoms with Gasteiger partial charge in [-0.05, 0) is 43.4 Å². The van der Waals surface area contributed by atoms with Crippen LogP contribution in [0.4, 0.5) is 43.9 Å². The van der Waals surface area contributed by atoms with Crippen molar-refractivity contribution < 1.29 is 43.9 Å². The maximum atomic E-state index is 13.9. The lowest BCUT2D eigenvalue weighted by Gasteiger charge is -2.60. The molecule has 2 aliphatic carbocycles. The Bertz CT molecular complexity index is 647. The Hall–Kier alpha value is -1.28. The number of halogens is 10. The molecular formula is C16H18F10N4. The number of hydrazine groups is 3. The summed E-state index contributed by atoms with van der Waals surface area (Å²) in [6.07, 6.45) is -9.70. The van der Waals surface area contributed by atoms with E-state index in [1.807, 2.05) is 5.53 Å². The Morgan fingerprint density at radius 1 is 0.833 bits per heavy atom. The summed E-state index contributed by atoms with van der Waals surface area (Å²) in [5, 5.41) is 0.638. The minimum Gasteiger partial charge on any atom is -0.296 e. The van der Waals surface area contributed by atoms with E-state index < -0.39 is 71.6 Å². The third-order valence-corrected chi connectivity index (χ3v) is 6.68. The molecule has 0 radical (unpaired) electrons. The minimum atomic E-state index is -5.86. The third-order valence-electron chi connectivity index (χ3n) is 6.68. The van der Waals surface area contributed by atoms with E-state index in [1.165, 1.54) is 6.08 Å². The molecule has 4 aliphatic rings. The molecule has 172 valence electrons. The quantitative estimate of drug-likeness (QED) is 0.482. The summed E-state index contributed by atoms with van der Waals surface area (Å²) in [5.74, 6) is -8.41. The largest absolute Gasteiger partial charge is 0.472 e. The minimum absolute atomic E-state index is 0.0549. The van der Waals surface area contributed by atoms with Crippen LogP contribution in [0.5, 0.6) is 0 Å². The number of hydrogen-bond donors (Lipinski definition) is 2. The van der Waals surface area contributed by atoms with Gasteiger partial charge in [0.2, 0.25) is 0 Å². The average Bonchev–Trinajstić information content (AvgIpc) is 2.63. The molecule has 4 rings (SSSR count). The molecule has 14 heteroatoms. The molecular weight excluding hydrogens is 438 g/mol. The molecule has 0 aromatic carbocycles. The zero-order valence-corrected chi connectivity index (χ0v) is 15.1. The van der Waals surface area contributed by atoms with Crippen molar-refractivity contribution in [1.82, 2.24) is 21.1 Å². The summed E-state index contributed by atoms with van der Waals surface area (Å²) in [7, 11) is 0. The van der Waals surface area contributed by atoms with Crippen molar-refractivity contribution >= 4 is 0 Å². The molecule has 3 fully saturated rings.